The van der Waals surface area contributed by atoms with E-state index in [1.165, 1.54) is 18.4 Å². The number of carbonyl (C=O) groups excluding carboxylic acids is 1. The van der Waals surface area contributed by atoms with E-state index in [0.29, 0.717) is 0 Å². The van der Waals surface area contributed by atoms with E-state index in [9.17, 15) is 9.90 Å². The molecule has 2 aromatic rings. The van der Waals surface area contributed by atoms with Crippen molar-refractivity contribution in [2.45, 2.75) is 0 Å². The van der Waals surface area contributed by atoms with E-state index in [1.54, 1.807) is 25.3 Å². The van der Waals surface area contributed by atoms with Gasteiger partial charge in [0.1, 0.15) is 5.75 Å². The van der Waals surface area contributed by atoms with E-state index in [0.717, 1.165) is 11.3 Å². The third kappa shape index (κ3) is 2.60. The van der Waals surface area contributed by atoms with Crippen molar-refractivity contribution in [1.29, 1.82) is 0 Å². The van der Waals surface area contributed by atoms with Crippen LogP contribution >= 0.6 is 0 Å². The molecule has 0 saturated heterocycles. The van der Waals surface area contributed by atoms with Crippen LogP contribution in [-0.4, -0.2) is 18.0 Å². The summed E-state index contributed by atoms with van der Waals surface area (Å²) in [5, 5.41) is 9.32. The zero-order valence-corrected chi connectivity index (χ0v) is 9.79. The molecule has 0 aliphatic heterocycles. The number of allylic oxidation sites excluding steroid dienone is 1. The zero-order valence-electron chi connectivity index (χ0n) is 9.79. The number of hydrogen-bond donors (Lipinski definition) is 1. The van der Waals surface area contributed by atoms with Crippen LogP contribution in [0.2, 0.25) is 0 Å². The molecule has 0 aliphatic carbocycles. The number of ketones is 1. The third-order valence-corrected chi connectivity index (χ3v) is 2.41. The predicted octanol–water partition coefficient (Wildman–Crippen LogP) is 2.89. The minimum Gasteiger partial charge on any atom is -0.504 e. The van der Waals surface area contributed by atoms with Gasteiger partial charge in [-0.05, 0) is 23.8 Å². The quantitative estimate of drug-likeness (QED) is 0.663. The van der Waals surface area contributed by atoms with Crippen molar-refractivity contribution in [1.82, 2.24) is 0 Å². The van der Waals surface area contributed by atoms with Crippen LogP contribution in [0.1, 0.15) is 16.1 Å². The van der Waals surface area contributed by atoms with Crippen molar-refractivity contribution in [3.63, 3.8) is 0 Å². The lowest BCUT2D eigenvalue weighted by Gasteiger charge is -1.98. The molecular formula is C14H12O4. The van der Waals surface area contributed by atoms with Gasteiger partial charge in [0.15, 0.2) is 5.75 Å². The molecule has 92 valence electrons. The molecule has 4 heteroatoms. The second kappa shape index (κ2) is 5.23. The van der Waals surface area contributed by atoms with Crippen molar-refractivity contribution < 1.29 is 19.1 Å². The van der Waals surface area contributed by atoms with Gasteiger partial charge < -0.3 is 14.3 Å². The standard InChI is InChI=1S/C14H12O4/c1-17-11-5-2-10(3-6-11)4-7-12(15)14-13(16)8-9-18-14/h2-9,16H,1H3/b7-4-. The second-order valence-electron chi connectivity index (χ2n) is 3.61. The zero-order chi connectivity index (χ0) is 13.0. The lowest BCUT2D eigenvalue weighted by atomic mass is 10.1. The van der Waals surface area contributed by atoms with Gasteiger partial charge in [0, 0.05) is 6.07 Å². The molecule has 1 aromatic heterocycles. The first-order valence-electron chi connectivity index (χ1n) is 5.33. The van der Waals surface area contributed by atoms with E-state index in [4.69, 9.17) is 9.15 Å². The number of furan rings is 1. The molecule has 1 N–H and O–H groups in total. The molecule has 1 aromatic carbocycles. The Morgan fingerprint density at radius 1 is 1.28 bits per heavy atom. The van der Waals surface area contributed by atoms with Crippen molar-refractivity contribution >= 4 is 11.9 Å². The van der Waals surface area contributed by atoms with Crippen molar-refractivity contribution in [3.05, 3.63) is 54.0 Å². The third-order valence-electron chi connectivity index (χ3n) is 2.41. The Labute approximate surface area is 104 Å². The van der Waals surface area contributed by atoms with Crippen LogP contribution in [0, 0.1) is 0 Å². The minimum atomic E-state index is -0.381. The molecule has 0 spiro atoms. The number of methoxy groups -OCH3 is 1. The van der Waals surface area contributed by atoms with Crippen LogP contribution in [0.5, 0.6) is 11.5 Å². The van der Waals surface area contributed by atoms with E-state index < -0.39 is 0 Å². The maximum absolute atomic E-state index is 11.7. The topological polar surface area (TPSA) is 59.7 Å². The molecule has 2 rings (SSSR count). The first kappa shape index (κ1) is 12.0. The fraction of sp³-hybridized carbons (Fsp3) is 0.0714. The predicted molar refractivity (Wildman–Crippen MR) is 66.7 cm³/mol. The van der Waals surface area contributed by atoms with Crippen LogP contribution in [-0.2, 0) is 0 Å². The van der Waals surface area contributed by atoms with Gasteiger partial charge in [0.25, 0.3) is 0 Å². The first-order chi connectivity index (χ1) is 8.70. The van der Waals surface area contributed by atoms with Gasteiger partial charge in [0.05, 0.1) is 13.4 Å². The van der Waals surface area contributed by atoms with Gasteiger partial charge in [-0.25, -0.2) is 0 Å². The first-order valence-corrected chi connectivity index (χ1v) is 5.33. The molecule has 4 nitrogen and oxygen atoms in total. The maximum atomic E-state index is 11.7. The van der Waals surface area contributed by atoms with E-state index in [1.807, 2.05) is 12.1 Å². The Morgan fingerprint density at radius 3 is 2.56 bits per heavy atom. The van der Waals surface area contributed by atoms with Crippen molar-refractivity contribution in [2.24, 2.45) is 0 Å². The van der Waals surface area contributed by atoms with Gasteiger partial charge in [-0.1, -0.05) is 18.2 Å². The number of aromatic hydroxyl groups is 1. The van der Waals surface area contributed by atoms with E-state index >= 15 is 0 Å². The van der Waals surface area contributed by atoms with Gasteiger partial charge in [0.2, 0.25) is 11.5 Å². The molecule has 0 saturated carbocycles. The highest BCUT2D eigenvalue weighted by Crippen LogP contribution is 2.19. The fourth-order valence-electron chi connectivity index (χ4n) is 1.45. The van der Waals surface area contributed by atoms with Crippen LogP contribution in [0.3, 0.4) is 0 Å². The lowest BCUT2D eigenvalue weighted by molar-refractivity contribution is 0.101. The highest BCUT2D eigenvalue weighted by atomic mass is 16.5. The largest absolute Gasteiger partial charge is 0.504 e. The monoisotopic (exact) mass is 244 g/mol. The van der Waals surface area contributed by atoms with Crippen LogP contribution in [0.4, 0.5) is 0 Å². The lowest BCUT2D eigenvalue weighted by Crippen LogP contribution is -1.91. The molecule has 0 aliphatic rings. The van der Waals surface area contributed by atoms with Crippen molar-refractivity contribution in [3.8, 4) is 11.5 Å². The van der Waals surface area contributed by atoms with Crippen molar-refractivity contribution in [2.75, 3.05) is 7.11 Å². The number of benzene rings is 1. The molecule has 18 heavy (non-hydrogen) atoms. The average Bonchev–Trinajstić information content (AvgIpc) is 2.83. The molecule has 0 bridgehead atoms. The Morgan fingerprint density at radius 2 is 2.00 bits per heavy atom. The summed E-state index contributed by atoms with van der Waals surface area (Å²) < 4.78 is 9.91. The van der Waals surface area contributed by atoms with Crippen LogP contribution < -0.4 is 4.74 Å². The fourth-order valence-corrected chi connectivity index (χ4v) is 1.45. The number of rotatable bonds is 4. The van der Waals surface area contributed by atoms with Gasteiger partial charge >= 0.3 is 0 Å². The summed E-state index contributed by atoms with van der Waals surface area (Å²) in [6, 6.07) is 8.58. The molecule has 0 atom stereocenters. The highest BCUT2D eigenvalue weighted by molar-refractivity contribution is 6.06. The smallest absolute Gasteiger partial charge is 0.224 e. The molecule has 0 radical (unpaired) electrons. The summed E-state index contributed by atoms with van der Waals surface area (Å²) in [6.45, 7) is 0. The molecule has 1 heterocycles. The Bertz CT molecular complexity index is 564. The minimum absolute atomic E-state index is 0.0558. The molecule has 0 amide bonds. The van der Waals surface area contributed by atoms with E-state index in [2.05, 4.69) is 0 Å². The number of hydrogen-bond acceptors (Lipinski definition) is 4. The van der Waals surface area contributed by atoms with Crippen LogP contribution in [0.25, 0.3) is 6.08 Å². The summed E-state index contributed by atoms with van der Waals surface area (Å²) >= 11 is 0. The normalized spacial score (nSPS) is 10.7. The average molecular weight is 244 g/mol. The number of ether oxygens (including phenoxy) is 1. The Kier molecular flexibility index (Phi) is 3.48. The van der Waals surface area contributed by atoms with Gasteiger partial charge in [-0.2, -0.15) is 0 Å². The Hall–Kier alpha value is -2.49. The molecule has 0 unspecified atom stereocenters. The summed E-state index contributed by atoms with van der Waals surface area (Å²) in [5.41, 5.74) is 0.857. The SMILES string of the molecule is COc1ccc(/C=C\C(=O)c2occc2O)cc1. The highest BCUT2D eigenvalue weighted by Gasteiger charge is 2.11. The molecular weight excluding hydrogens is 232 g/mol. The van der Waals surface area contributed by atoms with Gasteiger partial charge in [-0.15, -0.1) is 0 Å². The van der Waals surface area contributed by atoms with E-state index in [-0.39, 0.29) is 17.3 Å². The molecule has 0 fully saturated rings. The summed E-state index contributed by atoms with van der Waals surface area (Å²) in [6.07, 6.45) is 4.26. The summed E-state index contributed by atoms with van der Waals surface area (Å²) in [4.78, 5) is 11.7. The second-order valence-corrected chi connectivity index (χ2v) is 3.61. The number of carbonyl (C=O) groups is 1. The Balaban J connectivity index is 2.11. The summed E-state index contributed by atoms with van der Waals surface area (Å²) in [5.74, 6) is 0.162. The van der Waals surface area contributed by atoms with Crippen LogP contribution in [0.15, 0.2) is 47.1 Å². The summed E-state index contributed by atoms with van der Waals surface area (Å²) in [7, 11) is 1.59. The maximum Gasteiger partial charge on any atom is 0.224 e. The van der Waals surface area contributed by atoms with Gasteiger partial charge in [-0.3, -0.25) is 4.79 Å².